The van der Waals surface area contributed by atoms with E-state index in [1.165, 1.54) is 0 Å². The third kappa shape index (κ3) is 3.46. The predicted molar refractivity (Wildman–Crippen MR) is 104 cm³/mol. The largest absolute Gasteiger partial charge is 0.465 e. The molecule has 3 nitrogen and oxygen atoms in total. The molecule has 0 fully saturated rings. The van der Waals surface area contributed by atoms with Gasteiger partial charge in [0.25, 0.3) is 0 Å². The van der Waals surface area contributed by atoms with E-state index < -0.39 is 17.2 Å². The molecule has 0 rings (SSSR count). The Morgan fingerprint density at radius 3 is 1.54 bits per heavy atom. The lowest BCUT2D eigenvalue weighted by molar-refractivity contribution is -0.136. The Kier molecular flexibility index (Phi) is 7.85. The first kappa shape index (κ1) is 23.3. The highest BCUT2D eigenvalue weighted by atomic mass is 16.4. The van der Waals surface area contributed by atoms with Crippen LogP contribution in [0, 0.1) is 23.2 Å². The topological polar surface area (TPSA) is 40.5 Å². The van der Waals surface area contributed by atoms with Crippen molar-refractivity contribution in [1.82, 2.24) is 4.90 Å². The van der Waals surface area contributed by atoms with Crippen LogP contribution in [0.4, 0.5) is 4.79 Å². The van der Waals surface area contributed by atoms with Crippen molar-refractivity contribution in [3.63, 3.8) is 0 Å². The number of carboxylic acid groups (broad SMARTS) is 1. The molecule has 0 aliphatic heterocycles. The van der Waals surface area contributed by atoms with E-state index in [1.807, 2.05) is 4.90 Å². The van der Waals surface area contributed by atoms with Gasteiger partial charge in [0.05, 0.1) is 5.54 Å². The minimum atomic E-state index is -0.788. The summed E-state index contributed by atoms with van der Waals surface area (Å²) in [6, 6.07) is 0. The van der Waals surface area contributed by atoms with Crippen molar-refractivity contribution in [2.24, 2.45) is 23.2 Å². The molecule has 1 N–H and O–H groups in total. The molecule has 0 aliphatic carbocycles. The van der Waals surface area contributed by atoms with Crippen LogP contribution >= 0.6 is 0 Å². The van der Waals surface area contributed by atoms with Crippen molar-refractivity contribution in [2.75, 3.05) is 0 Å². The normalized spacial score (nSPS) is 17.0. The Bertz CT molecular complexity index is 406. The summed E-state index contributed by atoms with van der Waals surface area (Å²) >= 11 is 0. The third-order valence-electron chi connectivity index (χ3n) is 7.29. The summed E-state index contributed by atoms with van der Waals surface area (Å²) in [7, 11) is 0. The number of hydrogen-bond donors (Lipinski definition) is 1. The Morgan fingerprint density at radius 2 is 1.33 bits per heavy atom. The lowest BCUT2D eigenvalue weighted by Gasteiger charge is -2.63. The van der Waals surface area contributed by atoms with Crippen LogP contribution in [0.1, 0.15) is 95.4 Å². The maximum absolute atomic E-state index is 12.5. The van der Waals surface area contributed by atoms with Crippen molar-refractivity contribution >= 4 is 6.09 Å². The van der Waals surface area contributed by atoms with Gasteiger partial charge in [0, 0.05) is 5.54 Å². The van der Waals surface area contributed by atoms with Gasteiger partial charge in [-0.2, -0.15) is 0 Å². The van der Waals surface area contributed by atoms with E-state index in [4.69, 9.17) is 0 Å². The Balaban J connectivity index is 6.86. The first-order valence-corrected chi connectivity index (χ1v) is 9.84. The zero-order valence-electron chi connectivity index (χ0n) is 18.2. The molecule has 3 heteroatoms. The number of nitrogens with zero attached hydrogens (tertiary/aromatic N) is 1. The third-order valence-corrected chi connectivity index (χ3v) is 7.29. The summed E-state index contributed by atoms with van der Waals surface area (Å²) in [5, 5.41) is 10.3. The standard InChI is InChI=1S/C21H43NO2/c1-12-17(8)20(11,21(14-3,15(4)5)16(6)7)22(18(23)24)19(9,10)13-2/h15-17H,12-14H2,1-11H3,(H,23,24). The van der Waals surface area contributed by atoms with Gasteiger partial charge in [-0.1, -0.05) is 61.8 Å². The van der Waals surface area contributed by atoms with Crippen molar-refractivity contribution in [3.8, 4) is 0 Å². The number of rotatable bonds is 9. The number of hydrogen-bond acceptors (Lipinski definition) is 1. The Labute approximate surface area is 151 Å². The highest BCUT2D eigenvalue weighted by Crippen LogP contribution is 2.56. The van der Waals surface area contributed by atoms with Crippen LogP contribution in [-0.2, 0) is 0 Å². The molecule has 2 atom stereocenters. The molecule has 24 heavy (non-hydrogen) atoms. The molecule has 2 unspecified atom stereocenters. The van der Waals surface area contributed by atoms with E-state index in [0.717, 1.165) is 19.3 Å². The van der Waals surface area contributed by atoms with Crippen LogP contribution in [0.2, 0.25) is 0 Å². The molecule has 0 bridgehead atoms. The van der Waals surface area contributed by atoms with E-state index in [0.29, 0.717) is 11.8 Å². The van der Waals surface area contributed by atoms with Crippen LogP contribution in [-0.4, -0.2) is 27.2 Å². The van der Waals surface area contributed by atoms with Crippen LogP contribution < -0.4 is 0 Å². The fourth-order valence-electron chi connectivity index (χ4n) is 5.54. The lowest BCUT2D eigenvalue weighted by Crippen LogP contribution is -2.71. The fraction of sp³-hybridized carbons (Fsp3) is 0.952. The molecular weight excluding hydrogens is 298 g/mol. The van der Waals surface area contributed by atoms with E-state index in [1.54, 1.807) is 0 Å². The van der Waals surface area contributed by atoms with Crippen molar-refractivity contribution in [3.05, 3.63) is 0 Å². The van der Waals surface area contributed by atoms with Crippen molar-refractivity contribution in [2.45, 2.75) is 107 Å². The molecule has 0 saturated carbocycles. The van der Waals surface area contributed by atoms with Gasteiger partial charge in [0.1, 0.15) is 0 Å². The molecule has 0 aromatic carbocycles. The van der Waals surface area contributed by atoms with Gasteiger partial charge in [-0.25, -0.2) is 4.79 Å². The highest BCUT2D eigenvalue weighted by molar-refractivity contribution is 5.67. The summed E-state index contributed by atoms with van der Waals surface area (Å²) in [5.41, 5.74) is -0.897. The smallest absolute Gasteiger partial charge is 0.408 e. The van der Waals surface area contributed by atoms with Gasteiger partial charge < -0.3 is 5.11 Å². The quantitative estimate of drug-likeness (QED) is 0.509. The average Bonchev–Trinajstić information content (AvgIpc) is 2.45. The summed E-state index contributed by atoms with van der Waals surface area (Å²) in [6.45, 7) is 24.2. The van der Waals surface area contributed by atoms with E-state index in [-0.39, 0.29) is 11.3 Å². The fourth-order valence-corrected chi connectivity index (χ4v) is 5.54. The van der Waals surface area contributed by atoms with Gasteiger partial charge in [0.15, 0.2) is 0 Å². The molecular formula is C21H43NO2. The molecule has 0 spiro atoms. The SMILES string of the molecule is CCC(C)C(C)(N(C(=O)O)C(C)(C)CC)C(CC)(C(C)C)C(C)C. The van der Waals surface area contributed by atoms with Crippen LogP contribution in [0.15, 0.2) is 0 Å². The summed E-state index contributed by atoms with van der Waals surface area (Å²) in [5.74, 6) is 1.08. The summed E-state index contributed by atoms with van der Waals surface area (Å²) in [6.07, 6.45) is 1.97. The second-order valence-electron chi connectivity index (χ2n) is 8.94. The van der Waals surface area contributed by atoms with Gasteiger partial charge in [-0.15, -0.1) is 0 Å². The van der Waals surface area contributed by atoms with Crippen LogP contribution in [0.25, 0.3) is 0 Å². The van der Waals surface area contributed by atoms with Crippen LogP contribution in [0.3, 0.4) is 0 Å². The van der Waals surface area contributed by atoms with E-state index >= 15 is 0 Å². The van der Waals surface area contributed by atoms with Gasteiger partial charge in [-0.05, 0) is 56.8 Å². The Morgan fingerprint density at radius 1 is 0.917 bits per heavy atom. The monoisotopic (exact) mass is 341 g/mol. The van der Waals surface area contributed by atoms with Crippen LogP contribution in [0.5, 0.6) is 0 Å². The van der Waals surface area contributed by atoms with Crippen molar-refractivity contribution in [1.29, 1.82) is 0 Å². The first-order valence-electron chi connectivity index (χ1n) is 9.84. The highest BCUT2D eigenvalue weighted by Gasteiger charge is 2.60. The molecule has 0 aliphatic rings. The second kappa shape index (κ2) is 8.10. The molecule has 0 aromatic heterocycles. The minimum absolute atomic E-state index is 0.0761. The molecule has 0 aromatic rings. The van der Waals surface area contributed by atoms with E-state index in [9.17, 15) is 9.90 Å². The minimum Gasteiger partial charge on any atom is -0.465 e. The summed E-state index contributed by atoms with van der Waals surface area (Å²) in [4.78, 5) is 14.3. The predicted octanol–water partition coefficient (Wildman–Crippen LogP) is 6.67. The van der Waals surface area contributed by atoms with Gasteiger partial charge in [-0.3, -0.25) is 4.90 Å². The molecule has 0 radical (unpaired) electrons. The Hall–Kier alpha value is -0.730. The van der Waals surface area contributed by atoms with Crippen molar-refractivity contribution < 1.29 is 9.90 Å². The summed E-state index contributed by atoms with van der Waals surface area (Å²) < 4.78 is 0. The first-order chi connectivity index (χ1) is 10.8. The molecule has 0 heterocycles. The molecule has 144 valence electrons. The second-order valence-corrected chi connectivity index (χ2v) is 8.94. The van der Waals surface area contributed by atoms with Gasteiger partial charge in [0.2, 0.25) is 0 Å². The number of carbonyl (C=O) groups is 1. The zero-order valence-corrected chi connectivity index (χ0v) is 18.2. The van der Waals surface area contributed by atoms with E-state index in [2.05, 4.69) is 76.2 Å². The lowest BCUT2D eigenvalue weighted by atomic mass is 9.51. The molecule has 1 amide bonds. The molecule has 0 saturated heterocycles. The maximum atomic E-state index is 12.5. The average molecular weight is 342 g/mol. The van der Waals surface area contributed by atoms with Gasteiger partial charge >= 0.3 is 6.09 Å². The number of amides is 1. The zero-order chi connectivity index (χ0) is 19.5. The maximum Gasteiger partial charge on any atom is 0.408 e.